The van der Waals surface area contributed by atoms with Crippen LogP contribution in [0, 0.1) is 18.8 Å². The van der Waals surface area contributed by atoms with E-state index in [0.717, 1.165) is 25.7 Å². The van der Waals surface area contributed by atoms with Crippen LogP contribution >= 0.6 is 11.3 Å². The van der Waals surface area contributed by atoms with E-state index in [9.17, 15) is 9.59 Å². The molecule has 30 heavy (non-hydrogen) atoms. The van der Waals surface area contributed by atoms with Gasteiger partial charge in [0.15, 0.2) is 0 Å². The van der Waals surface area contributed by atoms with Crippen molar-refractivity contribution in [2.24, 2.45) is 11.8 Å². The summed E-state index contributed by atoms with van der Waals surface area (Å²) in [5.74, 6) is 0.699. The van der Waals surface area contributed by atoms with E-state index in [0.29, 0.717) is 19.0 Å². The zero-order valence-electron chi connectivity index (χ0n) is 18.3. The molecule has 5 heteroatoms. The summed E-state index contributed by atoms with van der Waals surface area (Å²) in [7, 11) is 0. The van der Waals surface area contributed by atoms with Gasteiger partial charge in [0.1, 0.15) is 0 Å². The van der Waals surface area contributed by atoms with Crippen LogP contribution in [0.1, 0.15) is 60.7 Å². The average molecular weight is 425 g/mol. The van der Waals surface area contributed by atoms with E-state index in [-0.39, 0.29) is 30.3 Å². The minimum atomic E-state index is -0.0617. The third kappa shape index (κ3) is 4.18. The minimum absolute atomic E-state index is 0.0617. The van der Waals surface area contributed by atoms with Crippen molar-refractivity contribution in [1.82, 2.24) is 9.80 Å². The summed E-state index contributed by atoms with van der Waals surface area (Å²) in [5.41, 5.74) is 3.63. The molecule has 0 radical (unpaired) electrons. The number of aryl methyl sites for hydroxylation is 1. The Hall–Kier alpha value is -2.14. The summed E-state index contributed by atoms with van der Waals surface area (Å²) in [5, 5.41) is 2.13. The highest BCUT2D eigenvalue weighted by molar-refractivity contribution is 7.10. The van der Waals surface area contributed by atoms with Gasteiger partial charge in [-0.15, -0.1) is 11.3 Å². The van der Waals surface area contributed by atoms with Gasteiger partial charge in [-0.3, -0.25) is 9.59 Å². The summed E-state index contributed by atoms with van der Waals surface area (Å²) in [4.78, 5) is 31.8. The van der Waals surface area contributed by atoms with Crippen LogP contribution in [0.2, 0.25) is 0 Å². The Balaban J connectivity index is 1.61. The number of hydrogen-bond acceptors (Lipinski definition) is 3. The number of amides is 2. The van der Waals surface area contributed by atoms with Crippen LogP contribution in [0.4, 0.5) is 0 Å². The standard InChI is InChI=1S/C25H32N2O2S/c1-17(2)15-26(25(29)19-8-6-9-19)16-23(28)27-13-11-22-21(12-14-30-22)24(27)20-10-5-4-7-18(20)3/h4-5,7,10,12,14,17,19,24H,6,8-9,11,13,15-16H2,1-3H3/t24-/m0/s1. The van der Waals surface area contributed by atoms with Crippen LogP contribution in [0.15, 0.2) is 35.7 Å². The topological polar surface area (TPSA) is 40.6 Å². The molecular weight excluding hydrogens is 392 g/mol. The molecule has 1 aromatic heterocycles. The Morgan fingerprint density at radius 3 is 2.60 bits per heavy atom. The molecule has 4 nitrogen and oxygen atoms in total. The molecule has 2 amide bonds. The van der Waals surface area contributed by atoms with Crippen molar-refractivity contribution < 1.29 is 9.59 Å². The number of benzene rings is 1. The highest BCUT2D eigenvalue weighted by Gasteiger charge is 2.36. The predicted molar refractivity (Wildman–Crippen MR) is 122 cm³/mol. The van der Waals surface area contributed by atoms with E-state index in [2.05, 4.69) is 50.4 Å². The van der Waals surface area contributed by atoms with E-state index in [1.807, 2.05) is 15.9 Å². The first-order valence-electron chi connectivity index (χ1n) is 11.2. The Morgan fingerprint density at radius 2 is 1.93 bits per heavy atom. The summed E-state index contributed by atoms with van der Waals surface area (Å²) in [6, 6.07) is 10.5. The van der Waals surface area contributed by atoms with Gasteiger partial charge in [-0.1, -0.05) is 44.5 Å². The maximum Gasteiger partial charge on any atom is 0.242 e. The molecule has 1 saturated carbocycles. The normalized spacial score (nSPS) is 18.8. The SMILES string of the molecule is Cc1ccccc1[C@H]1c2ccsc2CCN1C(=O)CN(CC(C)C)C(=O)C1CCC1. The molecule has 4 rings (SSSR count). The highest BCUT2D eigenvalue weighted by atomic mass is 32.1. The Kier molecular flexibility index (Phi) is 6.28. The summed E-state index contributed by atoms with van der Waals surface area (Å²) in [6.45, 7) is 7.88. The minimum Gasteiger partial charge on any atom is -0.333 e. The molecule has 160 valence electrons. The van der Waals surface area contributed by atoms with E-state index < -0.39 is 0 Å². The van der Waals surface area contributed by atoms with Gasteiger partial charge in [-0.2, -0.15) is 0 Å². The Bertz CT molecular complexity index is 915. The monoisotopic (exact) mass is 424 g/mol. The fourth-order valence-electron chi connectivity index (χ4n) is 4.65. The van der Waals surface area contributed by atoms with Gasteiger partial charge in [0, 0.05) is 23.9 Å². The molecule has 2 heterocycles. The van der Waals surface area contributed by atoms with Crippen molar-refractivity contribution in [3.63, 3.8) is 0 Å². The van der Waals surface area contributed by atoms with Gasteiger partial charge in [-0.25, -0.2) is 0 Å². The number of hydrogen-bond donors (Lipinski definition) is 0. The molecule has 1 fully saturated rings. The zero-order valence-corrected chi connectivity index (χ0v) is 19.1. The van der Waals surface area contributed by atoms with Gasteiger partial charge >= 0.3 is 0 Å². The molecular formula is C25H32N2O2S. The van der Waals surface area contributed by atoms with E-state index in [1.165, 1.54) is 21.6 Å². The van der Waals surface area contributed by atoms with E-state index in [1.54, 1.807) is 11.3 Å². The molecule has 0 spiro atoms. The van der Waals surface area contributed by atoms with Gasteiger partial charge in [0.05, 0.1) is 12.6 Å². The first-order chi connectivity index (χ1) is 14.5. The third-order valence-corrected chi connectivity index (χ3v) is 7.44. The smallest absolute Gasteiger partial charge is 0.242 e. The average Bonchev–Trinajstić information content (AvgIpc) is 3.14. The Labute approximate surface area is 183 Å². The maximum absolute atomic E-state index is 13.6. The molecule has 1 atom stereocenters. The predicted octanol–water partition coefficient (Wildman–Crippen LogP) is 4.82. The van der Waals surface area contributed by atoms with E-state index >= 15 is 0 Å². The molecule has 2 aromatic rings. The second kappa shape index (κ2) is 8.93. The van der Waals surface area contributed by atoms with Crippen molar-refractivity contribution >= 4 is 23.2 Å². The fourth-order valence-corrected chi connectivity index (χ4v) is 5.56. The number of thiophene rings is 1. The van der Waals surface area contributed by atoms with Crippen molar-refractivity contribution in [3.05, 3.63) is 57.3 Å². The van der Waals surface area contributed by atoms with Gasteiger partial charge in [0.2, 0.25) is 11.8 Å². The lowest BCUT2D eigenvalue weighted by Gasteiger charge is -2.39. The van der Waals surface area contributed by atoms with E-state index in [4.69, 9.17) is 0 Å². The van der Waals surface area contributed by atoms with Crippen LogP contribution < -0.4 is 0 Å². The number of carbonyl (C=O) groups excluding carboxylic acids is 2. The molecule has 0 unspecified atom stereocenters. The van der Waals surface area contributed by atoms with Crippen LogP contribution in [-0.2, 0) is 16.0 Å². The van der Waals surface area contributed by atoms with Crippen LogP contribution in [0.3, 0.4) is 0 Å². The number of carbonyl (C=O) groups is 2. The maximum atomic E-state index is 13.6. The first-order valence-corrected chi connectivity index (χ1v) is 12.0. The van der Waals surface area contributed by atoms with Crippen molar-refractivity contribution in [3.8, 4) is 0 Å². The van der Waals surface area contributed by atoms with Crippen LogP contribution in [0.25, 0.3) is 0 Å². The molecule has 1 aliphatic heterocycles. The summed E-state index contributed by atoms with van der Waals surface area (Å²) >= 11 is 1.78. The first kappa shape index (κ1) is 21.1. The Morgan fingerprint density at radius 1 is 1.17 bits per heavy atom. The quantitative estimate of drug-likeness (QED) is 0.667. The number of rotatable bonds is 6. The molecule has 1 aliphatic carbocycles. The molecule has 1 aromatic carbocycles. The highest BCUT2D eigenvalue weighted by Crippen LogP contribution is 2.39. The fraction of sp³-hybridized carbons (Fsp3) is 0.520. The third-order valence-electron chi connectivity index (χ3n) is 6.45. The molecule has 0 saturated heterocycles. The summed E-state index contributed by atoms with van der Waals surface area (Å²) < 4.78 is 0. The molecule has 0 bridgehead atoms. The number of fused-ring (bicyclic) bond motifs is 1. The lowest BCUT2D eigenvalue weighted by molar-refractivity contribution is -0.146. The lowest BCUT2D eigenvalue weighted by atomic mass is 9.84. The lowest BCUT2D eigenvalue weighted by Crippen LogP contribution is -2.49. The zero-order chi connectivity index (χ0) is 21.3. The van der Waals surface area contributed by atoms with Gasteiger partial charge in [-0.05, 0) is 60.2 Å². The van der Waals surface area contributed by atoms with Gasteiger partial charge in [0.25, 0.3) is 0 Å². The largest absolute Gasteiger partial charge is 0.333 e. The second-order valence-corrected chi connectivity index (χ2v) is 10.1. The van der Waals surface area contributed by atoms with Gasteiger partial charge < -0.3 is 9.80 Å². The molecule has 0 N–H and O–H groups in total. The van der Waals surface area contributed by atoms with Crippen molar-refractivity contribution in [2.75, 3.05) is 19.6 Å². The molecule has 2 aliphatic rings. The summed E-state index contributed by atoms with van der Waals surface area (Å²) in [6.07, 6.45) is 3.95. The van der Waals surface area contributed by atoms with Crippen LogP contribution in [0.5, 0.6) is 0 Å². The van der Waals surface area contributed by atoms with Crippen molar-refractivity contribution in [2.45, 2.75) is 52.5 Å². The van der Waals surface area contributed by atoms with Crippen LogP contribution in [-0.4, -0.2) is 41.2 Å². The second-order valence-electron chi connectivity index (χ2n) is 9.14. The van der Waals surface area contributed by atoms with Crippen molar-refractivity contribution in [1.29, 1.82) is 0 Å². The number of nitrogens with zero attached hydrogens (tertiary/aromatic N) is 2.